The van der Waals surface area contributed by atoms with E-state index in [2.05, 4.69) is 15.6 Å². The maximum Gasteiger partial charge on any atom is 0.419 e. The van der Waals surface area contributed by atoms with Crippen LogP contribution in [-0.2, 0) is 6.18 Å². The second-order valence-electron chi connectivity index (χ2n) is 5.02. The molecule has 0 radical (unpaired) electrons. The van der Waals surface area contributed by atoms with Crippen molar-refractivity contribution in [2.24, 2.45) is 5.73 Å². The summed E-state index contributed by atoms with van der Waals surface area (Å²) in [6, 6.07) is 7.82. The lowest BCUT2D eigenvalue weighted by Gasteiger charge is -2.13. The molecule has 0 atom stereocenters. The summed E-state index contributed by atoms with van der Waals surface area (Å²) in [5.41, 5.74) is 4.81. The van der Waals surface area contributed by atoms with Gasteiger partial charge in [0.15, 0.2) is 0 Å². The normalized spacial score (nSPS) is 11.0. The van der Waals surface area contributed by atoms with Crippen LogP contribution in [-0.4, -0.2) is 29.9 Å². The molecule has 0 aliphatic rings. The standard InChI is InChI=1S/C16H15F3N4O2/c17-16(18,19)12-2-1-7-21-14(12)22-8-9-23-15(25)11-5-3-10(4-6-11)13(20)24/h1-7H,8-9H2,(H2,20,24)(H,21,22)(H,23,25). The van der Waals surface area contributed by atoms with E-state index in [1.807, 2.05) is 0 Å². The Bertz CT molecular complexity index is 761. The molecule has 2 rings (SSSR count). The summed E-state index contributed by atoms with van der Waals surface area (Å²) < 4.78 is 38.4. The van der Waals surface area contributed by atoms with E-state index in [9.17, 15) is 22.8 Å². The Kier molecular flexibility index (Phi) is 5.58. The molecule has 0 saturated heterocycles. The fraction of sp³-hybridized carbons (Fsp3) is 0.188. The first kappa shape index (κ1) is 18.2. The minimum absolute atomic E-state index is 0.0607. The summed E-state index contributed by atoms with van der Waals surface area (Å²) >= 11 is 0. The summed E-state index contributed by atoms with van der Waals surface area (Å²) in [4.78, 5) is 26.5. The van der Waals surface area contributed by atoms with Gasteiger partial charge in [-0.1, -0.05) is 0 Å². The molecule has 0 aliphatic heterocycles. The van der Waals surface area contributed by atoms with E-state index < -0.39 is 23.6 Å². The quantitative estimate of drug-likeness (QED) is 0.693. The van der Waals surface area contributed by atoms with Gasteiger partial charge in [-0.15, -0.1) is 0 Å². The molecule has 25 heavy (non-hydrogen) atoms. The molecule has 1 heterocycles. The van der Waals surface area contributed by atoms with E-state index in [1.54, 1.807) is 0 Å². The number of anilines is 1. The van der Waals surface area contributed by atoms with Crippen LogP contribution in [0.4, 0.5) is 19.0 Å². The van der Waals surface area contributed by atoms with Crippen molar-refractivity contribution in [2.75, 3.05) is 18.4 Å². The van der Waals surface area contributed by atoms with Crippen molar-refractivity contribution in [3.63, 3.8) is 0 Å². The van der Waals surface area contributed by atoms with Crippen LogP contribution >= 0.6 is 0 Å². The molecule has 132 valence electrons. The molecule has 0 aliphatic carbocycles. The maximum atomic E-state index is 12.8. The Morgan fingerprint density at radius 1 is 1.04 bits per heavy atom. The topological polar surface area (TPSA) is 97.1 Å². The van der Waals surface area contributed by atoms with Crippen molar-refractivity contribution in [3.8, 4) is 0 Å². The molecule has 6 nitrogen and oxygen atoms in total. The number of amides is 2. The second-order valence-corrected chi connectivity index (χ2v) is 5.02. The number of nitrogens with two attached hydrogens (primary N) is 1. The van der Waals surface area contributed by atoms with Crippen LogP contribution in [0.3, 0.4) is 0 Å². The maximum absolute atomic E-state index is 12.8. The first-order valence-corrected chi connectivity index (χ1v) is 7.23. The van der Waals surface area contributed by atoms with Crippen LogP contribution in [0.25, 0.3) is 0 Å². The predicted molar refractivity (Wildman–Crippen MR) is 85.0 cm³/mol. The number of alkyl halides is 3. The molecule has 2 amide bonds. The van der Waals surface area contributed by atoms with Crippen LogP contribution in [0.5, 0.6) is 0 Å². The summed E-state index contributed by atoms with van der Waals surface area (Å²) in [7, 11) is 0. The number of halogens is 3. The van der Waals surface area contributed by atoms with Gasteiger partial charge in [0.05, 0.1) is 5.56 Å². The van der Waals surface area contributed by atoms with Crippen LogP contribution in [0, 0.1) is 0 Å². The Balaban J connectivity index is 1.87. The first-order chi connectivity index (χ1) is 11.8. The number of carbonyl (C=O) groups is 2. The van der Waals surface area contributed by atoms with E-state index in [1.165, 1.54) is 36.5 Å². The van der Waals surface area contributed by atoms with Crippen LogP contribution in [0.2, 0.25) is 0 Å². The average molecular weight is 352 g/mol. The van der Waals surface area contributed by atoms with Crippen molar-refractivity contribution in [1.82, 2.24) is 10.3 Å². The van der Waals surface area contributed by atoms with E-state index in [4.69, 9.17) is 5.73 Å². The number of primary amides is 1. The number of hydrogen-bond acceptors (Lipinski definition) is 4. The van der Waals surface area contributed by atoms with E-state index >= 15 is 0 Å². The highest BCUT2D eigenvalue weighted by Crippen LogP contribution is 2.33. The number of nitrogens with zero attached hydrogens (tertiary/aromatic N) is 1. The van der Waals surface area contributed by atoms with Crippen LogP contribution in [0.15, 0.2) is 42.6 Å². The number of pyridine rings is 1. The van der Waals surface area contributed by atoms with Gasteiger partial charge in [-0.25, -0.2) is 4.98 Å². The van der Waals surface area contributed by atoms with E-state index in [0.29, 0.717) is 5.56 Å². The highest BCUT2D eigenvalue weighted by molar-refractivity contribution is 5.97. The van der Waals surface area contributed by atoms with Gasteiger partial charge in [0, 0.05) is 30.4 Å². The molecule has 2 aromatic rings. The van der Waals surface area contributed by atoms with E-state index in [0.717, 1.165) is 6.07 Å². The average Bonchev–Trinajstić information content (AvgIpc) is 2.58. The molecule has 0 bridgehead atoms. The SMILES string of the molecule is NC(=O)c1ccc(C(=O)NCCNc2ncccc2C(F)(F)F)cc1. The summed E-state index contributed by atoms with van der Waals surface area (Å²) in [5.74, 6) is -1.32. The number of carbonyl (C=O) groups excluding carboxylic acids is 2. The molecular formula is C16H15F3N4O2. The van der Waals surface area contributed by atoms with Gasteiger partial charge >= 0.3 is 6.18 Å². The highest BCUT2D eigenvalue weighted by Gasteiger charge is 2.33. The molecule has 9 heteroatoms. The van der Waals surface area contributed by atoms with Crippen molar-refractivity contribution < 1.29 is 22.8 Å². The van der Waals surface area contributed by atoms with Gasteiger partial charge in [0.25, 0.3) is 5.91 Å². The minimum Gasteiger partial charge on any atom is -0.368 e. The lowest BCUT2D eigenvalue weighted by atomic mass is 10.1. The monoisotopic (exact) mass is 352 g/mol. The molecule has 0 unspecified atom stereocenters. The lowest BCUT2D eigenvalue weighted by molar-refractivity contribution is -0.137. The first-order valence-electron chi connectivity index (χ1n) is 7.23. The zero-order valence-corrected chi connectivity index (χ0v) is 12.9. The fourth-order valence-electron chi connectivity index (χ4n) is 2.02. The minimum atomic E-state index is -4.51. The zero-order chi connectivity index (χ0) is 18.4. The Morgan fingerprint density at radius 2 is 1.68 bits per heavy atom. The van der Waals surface area contributed by atoms with Gasteiger partial charge < -0.3 is 16.4 Å². The van der Waals surface area contributed by atoms with E-state index in [-0.39, 0.29) is 24.5 Å². The van der Waals surface area contributed by atoms with Gasteiger partial charge in [0.2, 0.25) is 5.91 Å². The molecule has 0 spiro atoms. The molecule has 1 aromatic carbocycles. The summed E-state index contributed by atoms with van der Waals surface area (Å²) in [6.07, 6.45) is -3.27. The molecule has 0 saturated carbocycles. The third kappa shape index (κ3) is 4.93. The second kappa shape index (κ2) is 7.65. The fourth-order valence-corrected chi connectivity index (χ4v) is 2.02. The number of aromatic nitrogens is 1. The van der Waals surface area contributed by atoms with Crippen LogP contribution in [0.1, 0.15) is 26.3 Å². The molecule has 4 N–H and O–H groups in total. The smallest absolute Gasteiger partial charge is 0.368 e. The number of hydrogen-bond donors (Lipinski definition) is 3. The highest BCUT2D eigenvalue weighted by atomic mass is 19.4. The van der Waals surface area contributed by atoms with Gasteiger partial charge in [-0.2, -0.15) is 13.2 Å². The zero-order valence-electron chi connectivity index (χ0n) is 12.9. The lowest BCUT2D eigenvalue weighted by Crippen LogP contribution is -2.29. The van der Waals surface area contributed by atoms with Crippen molar-refractivity contribution in [3.05, 3.63) is 59.3 Å². The number of nitrogens with one attached hydrogen (secondary N) is 2. The Hall–Kier alpha value is -3.10. The third-order valence-corrected chi connectivity index (χ3v) is 3.25. The van der Waals surface area contributed by atoms with Gasteiger partial charge in [-0.05, 0) is 36.4 Å². The third-order valence-electron chi connectivity index (χ3n) is 3.25. The van der Waals surface area contributed by atoms with Crippen LogP contribution < -0.4 is 16.4 Å². The summed E-state index contributed by atoms with van der Waals surface area (Å²) in [6.45, 7) is 0.148. The molecule has 1 aromatic heterocycles. The Morgan fingerprint density at radius 3 is 2.28 bits per heavy atom. The number of rotatable bonds is 6. The van der Waals surface area contributed by atoms with Gasteiger partial charge in [-0.3, -0.25) is 9.59 Å². The van der Waals surface area contributed by atoms with Gasteiger partial charge in [0.1, 0.15) is 5.82 Å². The predicted octanol–water partition coefficient (Wildman–Crippen LogP) is 2.04. The van der Waals surface area contributed by atoms with Crippen molar-refractivity contribution >= 4 is 17.6 Å². The molecular weight excluding hydrogens is 337 g/mol. The largest absolute Gasteiger partial charge is 0.419 e. The Labute approximate surface area is 141 Å². The van der Waals surface area contributed by atoms with Crippen molar-refractivity contribution in [1.29, 1.82) is 0 Å². The summed E-state index contributed by atoms with van der Waals surface area (Å²) in [5, 5.41) is 5.09. The van der Waals surface area contributed by atoms with Crippen molar-refractivity contribution in [2.45, 2.75) is 6.18 Å². The molecule has 0 fully saturated rings. The number of benzene rings is 1.